The van der Waals surface area contributed by atoms with Gasteiger partial charge >= 0.3 is 0 Å². The van der Waals surface area contributed by atoms with Gasteiger partial charge in [0.15, 0.2) is 5.82 Å². The van der Waals surface area contributed by atoms with Gasteiger partial charge in [0.25, 0.3) is 0 Å². The molecule has 0 N–H and O–H groups in total. The number of aromatic nitrogens is 2. The Bertz CT molecular complexity index is 1060. The van der Waals surface area contributed by atoms with Crippen molar-refractivity contribution in [2.45, 2.75) is 20.5 Å². The lowest BCUT2D eigenvalue weighted by Gasteiger charge is -2.09. The number of nitrogens with zero attached hydrogens (tertiary/aromatic N) is 2. The molecule has 0 aliphatic heterocycles. The van der Waals surface area contributed by atoms with Crippen LogP contribution in [0.25, 0.3) is 22.6 Å². The normalized spacial score (nSPS) is 10.6. The second kappa shape index (κ2) is 8.05. The van der Waals surface area contributed by atoms with Gasteiger partial charge in [0.05, 0.1) is 5.69 Å². The first-order valence-electron chi connectivity index (χ1n) is 9.37. The Balaban J connectivity index is 1.52. The third kappa shape index (κ3) is 4.26. The molecule has 0 amide bonds. The molecule has 0 bridgehead atoms. The molecule has 1 heterocycles. The topological polar surface area (TPSA) is 35.0 Å². The monoisotopic (exact) mass is 366 g/mol. The molecule has 0 aliphatic carbocycles. The summed E-state index contributed by atoms with van der Waals surface area (Å²) in [6, 6.07) is 28.5. The van der Waals surface area contributed by atoms with E-state index in [0.717, 1.165) is 39.7 Å². The maximum Gasteiger partial charge on any atom is 0.160 e. The van der Waals surface area contributed by atoms with E-state index in [0.29, 0.717) is 6.61 Å². The number of ether oxygens (including phenoxy) is 1. The molecule has 0 saturated carbocycles. The number of rotatable bonds is 5. The molecule has 3 nitrogen and oxygen atoms in total. The van der Waals surface area contributed by atoms with Gasteiger partial charge in [-0.3, -0.25) is 0 Å². The van der Waals surface area contributed by atoms with Crippen molar-refractivity contribution in [1.82, 2.24) is 9.97 Å². The first-order valence-corrected chi connectivity index (χ1v) is 9.37. The smallest absolute Gasteiger partial charge is 0.160 e. The first kappa shape index (κ1) is 17.9. The summed E-state index contributed by atoms with van der Waals surface area (Å²) in [5, 5.41) is 0. The van der Waals surface area contributed by atoms with Gasteiger partial charge in [0.1, 0.15) is 12.4 Å². The summed E-state index contributed by atoms with van der Waals surface area (Å²) in [6.45, 7) is 4.63. The predicted octanol–water partition coefficient (Wildman–Crippen LogP) is 6.01. The number of hydrogen-bond acceptors (Lipinski definition) is 3. The van der Waals surface area contributed by atoms with Gasteiger partial charge in [-0.2, -0.15) is 0 Å². The lowest BCUT2D eigenvalue weighted by Crippen LogP contribution is -1.97. The number of benzene rings is 3. The zero-order chi connectivity index (χ0) is 19.3. The van der Waals surface area contributed by atoms with E-state index in [9.17, 15) is 0 Å². The lowest BCUT2D eigenvalue weighted by molar-refractivity contribution is 0.306. The number of aryl methyl sites for hydroxylation is 2. The van der Waals surface area contributed by atoms with Gasteiger partial charge in [-0.15, -0.1) is 0 Å². The van der Waals surface area contributed by atoms with Crippen LogP contribution >= 0.6 is 0 Å². The molecular weight excluding hydrogens is 344 g/mol. The number of hydrogen-bond donors (Lipinski definition) is 0. The Morgan fingerprint density at radius 3 is 2.14 bits per heavy atom. The standard InChI is InChI=1S/C25H22N2O/c1-18-8-10-20(11-9-18)17-28-23-14-12-22(13-15-23)25-26-19(2)16-24(27-25)21-6-4-3-5-7-21/h3-16H,17H2,1-2H3. The maximum atomic E-state index is 5.90. The van der Waals surface area contributed by atoms with Crippen LogP contribution < -0.4 is 4.74 Å². The van der Waals surface area contributed by atoms with E-state index in [4.69, 9.17) is 9.72 Å². The van der Waals surface area contributed by atoms with Crippen LogP contribution in [0.2, 0.25) is 0 Å². The molecule has 4 aromatic rings. The van der Waals surface area contributed by atoms with E-state index in [1.54, 1.807) is 0 Å². The lowest BCUT2D eigenvalue weighted by atomic mass is 10.1. The van der Waals surface area contributed by atoms with Crippen molar-refractivity contribution in [3.05, 3.63) is 102 Å². The van der Waals surface area contributed by atoms with Crippen molar-refractivity contribution >= 4 is 0 Å². The Morgan fingerprint density at radius 1 is 0.714 bits per heavy atom. The second-order valence-corrected chi connectivity index (χ2v) is 6.88. The maximum absolute atomic E-state index is 5.90. The molecule has 0 unspecified atom stereocenters. The summed E-state index contributed by atoms with van der Waals surface area (Å²) in [6.07, 6.45) is 0. The van der Waals surface area contributed by atoms with Crippen molar-refractivity contribution in [3.63, 3.8) is 0 Å². The van der Waals surface area contributed by atoms with Crippen LogP contribution in [0.4, 0.5) is 0 Å². The molecule has 0 fully saturated rings. The molecule has 0 radical (unpaired) electrons. The van der Waals surface area contributed by atoms with Crippen molar-refractivity contribution < 1.29 is 4.74 Å². The highest BCUT2D eigenvalue weighted by Gasteiger charge is 2.07. The highest BCUT2D eigenvalue weighted by atomic mass is 16.5. The molecule has 3 heteroatoms. The Labute approximate surface area is 165 Å². The van der Waals surface area contributed by atoms with E-state index >= 15 is 0 Å². The molecular formula is C25H22N2O. The van der Waals surface area contributed by atoms with Gasteiger partial charge in [-0.25, -0.2) is 9.97 Å². The van der Waals surface area contributed by atoms with E-state index in [2.05, 4.69) is 48.3 Å². The van der Waals surface area contributed by atoms with Crippen molar-refractivity contribution in [2.24, 2.45) is 0 Å². The van der Waals surface area contributed by atoms with Crippen LogP contribution in [-0.4, -0.2) is 9.97 Å². The van der Waals surface area contributed by atoms with Gasteiger partial charge in [-0.1, -0.05) is 60.2 Å². The molecule has 0 saturated heterocycles. The Morgan fingerprint density at radius 2 is 1.43 bits per heavy atom. The largest absolute Gasteiger partial charge is 0.489 e. The van der Waals surface area contributed by atoms with Crippen molar-refractivity contribution in [1.29, 1.82) is 0 Å². The molecule has 0 aliphatic rings. The highest BCUT2D eigenvalue weighted by Crippen LogP contribution is 2.24. The minimum atomic E-state index is 0.554. The average Bonchev–Trinajstić information content (AvgIpc) is 2.74. The third-order valence-corrected chi connectivity index (χ3v) is 4.56. The fourth-order valence-corrected chi connectivity index (χ4v) is 3.01. The molecule has 28 heavy (non-hydrogen) atoms. The summed E-state index contributed by atoms with van der Waals surface area (Å²) in [7, 11) is 0. The molecule has 4 rings (SSSR count). The third-order valence-electron chi connectivity index (χ3n) is 4.56. The van der Waals surface area contributed by atoms with Crippen molar-refractivity contribution in [3.8, 4) is 28.4 Å². The van der Waals surface area contributed by atoms with E-state index in [1.165, 1.54) is 5.56 Å². The predicted molar refractivity (Wildman–Crippen MR) is 113 cm³/mol. The van der Waals surface area contributed by atoms with Crippen LogP contribution in [-0.2, 0) is 6.61 Å². The van der Waals surface area contributed by atoms with Gasteiger partial charge in [0.2, 0.25) is 0 Å². The Kier molecular flexibility index (Phi) is 5.16. The Hall–Kier alpha value is -3.46. The molecule has 138 valence electrons. The fraction of sp³-hybridized carbons (Fsp3) is 0.120. The van der Waals surface area contributed by atoms with Gasteiger partial charge in [-0.05, 0) is 49.7 Å². The molecule has 0 atom stereocenters. The minimum absolute atomic E-state index is 0.554. The van der Waals surface area contributed by atoms with Crippen molar-refractivity contribution in [2.75, 3.05) is 0 Å². The summed E-state index contributed by atoms with van der Waals surface area (Å²) in [5.41, 5.74) is 6.35. The van der Waals surface area contributed by atoms with E-state index in [1.807, 2.05) is 55.5 Å². The van der Waals surface area contributed by atoms with Gasteiger partial charge in [0, 0.05) is 16.8 Å². The van der Waals surface area contributed by atoms with E-state index in [-0.39, 0.29) is 0 Å². The van der Waals surface area contributed by atoms with Crippen LogP contribution in [0.15, 0.2) is 84.9 Å². The SMILES string of the molecule is Cc1ccc(COc2ccc(-c3nc(C)cc(-c4ccccc4)n3)cc2)cc1. The second-order valence-electron chi connectivity index (χ2n) is 6.88. The van der Waals surface area contributed by atoms with Crippen LogP contribution in [0.5, 0.6) is 5.75 Å². The highest BCUT2D eigenvalue weighted by molar-refractivity contribution is 5.64. The minimum Gasteiger partial charge on any atom is -0.489 e. The zero-order valence-corrected chi connectivity index (χ0v) is 16.1. The molecule has 1 aromatic heterocycles. The quantitative estimate of drug-likeness (QED) is 0.434. The zero-order valence-electron chi connectivity index (χ0n) is 16.1. The molecule has 3 aromatic carbocycles. The molecule has 0 spiro atoms. The summed E-state index contributed by atoms with van der Waals surface area (Å²) >= 11 is 0. The first-order chi connectivity index (χ1) is 13.7. The van der Waals surface area contributed by atoms with Crippen LogP contribution in [0.3, 0.4) is 0 Å². The average molecular weight is 366 g/mol. The fourth-order valence-electron chi connectivity index (χ4n) is 3.01. The van der Waals surface area contributed by atoms with E-state index < -0.39 is 0 Å². The summed E-state index contributed by atoms with van der Waals surface area (Å²) < 4.78 is 5.90. The van der Waals surface area contributed by atoms with Gasteiger partial charge < -0.3 is 4.74 Å². The van der Waals surface area contributed by atoms with Crippen LogP contribution in [0.1, 0.15) is 16.8 Å². The summed E-state index contributed by atoms with van der Waals surface area (Å²) in [4.78, 5) is 9.36. The van der Waals surface area contributed by atoms with Crippen LogP contribution in [0, 0.1) is 13.8 Å². The summed E-state index contributed by atoms with van der Waals surface area (Å²) in [5.74, 6) is 1.56.